The number of anilines is 1. The van der Waals surface area contributed by atoms with Crippen LogP contribution in [-0.2, 0) is 11.3 Å². The number of hydrogen-bond donors (Lipinski definition) is 2. The Balaban J connectivity index is 1.31. The standard InChI is InChI=1S/C29H28ClN5O5/c30-26-25(40-21-4-6-33-7-5-21)14-19(27(32)28(26)36)18-39-29-20(16-31)17-34-24-15-22(2-3-23(24)29)38-11-1-8-35-9-12-37-13-10-35/h2-7,14-15,17,36H,1,8-13,18,32H2. The van der Waals surface area contributed by atoms with E-state index >= 15 is 0 Å². The summed E-state index contributed by atoms with van der Waals surface area (Å²) in [6.07, 6.45) is 5.50. The van der Waals surface area contributed by atoms with E-state index in [1.807, 2.05) is 18.2 Å². The van der Waals surface area contributed by atoms with Gasteiger partial charge in [0.25, 0.3) is 0 Å². The number of rotatable bonds is 10. The molecule has 10 nitrogen and oxygen atoms in total. The Morgan fingerprint density at radius 3 is 2.67 bits per heavy atom. The van der Waals surface area contributed by atoms with Crippen molar-refractivity contribution in [2.75, 3.05) is 45.2 Å². The first-order chi connectivity index (χ1) is 19.5. The average molecular weight is 562 g/mol. The van der Waals surface area contributed by atoms with Gasteiger partial charge in [0.15, 0.2) is 5.75 Å². The Bertz CT molecular complexity index is 1520. The number of nitriles is 1. The molecule has 5 rings (SSSR count). The van der Waals surface area contributed by atoms with Crippen molar-refractivity contribution in [2.24, 2.45) is 0 Å². The van der Waals surface area contributed by atoms with Crippen molar-refractivity contribution in [1.29, 1.82) is 5.26 Å². The molecule has 3 heterocycles. The van der Waals surface area contributed by atoms with Gasteiger partial charge in [-0.2, -0.15) is 5.26 Å². The molecular weight excluding hydrogens is 534 g/mol. The molecule has 40 heavy (non-hydrogen) atoms. The summed E-state index contributed by atoms with van der Waals surface area (Å²) in [4.78, 5) is 10.7. The number of nitrogens with two attached hydrogens (primary N) is 1. The predicted octanol–water partition coefficient (Wildman–Crippen LogP) is 4.92. The molecule has 0 spiro atoms. The summed E-state index contributed by atoms with van der Waals surface area (Å²) in [5.41, 5.74) is 7.50. The molecule has 3 N–H and O–H groups in total. The lowest BCUT2D eigenvalue weighted by molar-refractivity contribution is 0.0358. The Kier molecular flexibility index (Phi) is 8.66. The van der Waals surface area contributed by atoms with Gasteiger partial charge >= 0.3 is 0 Å². The quantitative estimate of drug-likeness (QED) is 0.156. The Hall–Kier alpha value is -4.30. The zero-order valence-electron chi connectivity index (χ0n) is 21.7. The first-order valence-electron chi connectivity index (χ1n) is 12.8. The Morgan fingerprint density at radius 1 is 1.10 bits per heavy atom. The highest BCUT2D eigenvalue weighted by Crippen LogP contribution is 2.42. The van der Waals surface area contributed by atoms with Gasteiger partial charge in [-0.1, -0.05) is 11.6 Å². The second-order valence-electron chi connectivity index (χ2n) is 9.13. The summed E-state index contributed by atoms with van der Waals surface area (Å²) >= 11 is 6.28. The summed E-state index contributed by atoms with van der Waals surface area (Å²) in [6, 6.07) is 12.5. The fraction of sp³-hybridized carbons (Fsp3) is 0.276. The number of pyridine rings is 2. The first-order valence-corrected chi connectivity index (χ1v) is 13.2. The van der Waals surface area contributed by atoms with Gasteiger partial charge in [-0.3, -0.25) is 14.9 Å². The molecule has 206 valence electrons. The summed E-state index contributed by atoms with van der Waals surface area (Å²) < 4.78 is 23.3. The largest absolute Gasteiger partial charge is 0.504 e. The van der Waals surface area contributed by atoms with E-state index in [9.17, 15) is 10.4 Å². The number of aromatic hydroxyl groups is 1. The van der Waals surface area contributed by atoms with Crippen LogP contribution in [0.1, 0.15) is 17.5 Å². The number of nitrogen functional groups attached to an aromatic ring is 1. The zero-order valence-corrected chi connectivity index (χ0v) is 22.4. The van der Waals surface area contributed by atoms with Crippen molar-refractivity contribution < 1.29 is 24.1 Å². The Labute approximate surface area is 236 Å². The number of nitrogens with zero attached hydrogens (tertiary/aromatic N) is 4. The number of hydrogen-bond acceptors (Lipinski definition) is 10. The lowest BCUT2D eigenvalue weighted by Gasteiger charge is -2.26. The van der Waals surface area contributed by atoms with Crippen molar-refractivity contribution in [3.8, 4) is 34.8 Å². The molecule has 1 saturated heterocycles. The van der Waals surface area contributed by atoms with Gasteiger partial charge < -0.3 is 29.8 Å². The summed E-state index contributed by atoms with van der Waals surface area (Å²) in [5.74, 6) is 1.40. The molecule has 0 aliphatic carbocycles. The highest BCUT2D eigenvalue weighted by atomic mass is 35.5. The van der Waals surface area contributed by atoms with Gasteiger partial charge in [-0.15, -0.1) is 0 Å². The van der Waals surface area contributed by atoms with Crippen LogP contribution < -0.4 is 19.9 Å². The zero-order chi connectivity index (χ0) is 27.9. The predicted molar refractivity (Wildman–Crippen MR) is 150 cm³/mol. The number of ether oxygens (including phenoxy) is 4. The maximum atomic E-state index is 10.5. The van der Waals surface area contributed by atoms with Crippen molar-refractivity contribution in [1.82, 2.24) is 14.9 Å². The van der Waals surface area contributed by atoms with E-state index in [4.69, 9.17) is 36.3 Å². The maximum absolute atomic E-state index is 10.5. The summed E-state index contributed by atoms with van der Waals surface area (Å²) in [7, 11) is 0. The number of halogens is 1. The molecule has 1 aliphatic rings. The van der Waals surface area contributed by atoms with E-state index in [0.717, 1.165) is 39.3 Å². The lowest BCUT2D eigenvalue weighted by atomic mass is 10.1. The molecule has 0 atom stereocenters. The number of morpholine rings is 1. The van der Waals surface area contributed by atoms with Gasteiger partial charge in [-0.05, 0) is 36.8 Å². The van der Waals surface area contributed by atoms with Gasteiger partial charge in [0.1, 0.15) is 46.3 Å². The minimum atomic E-state index is -0.317. The number of benzene rings is 2. The smallest absolute Gasteiger partial charge is 0.161 e. The van der Waals surface area contributed by atoms with Crippen LogP contribution >= 0.6 is 11.6 Å². The molecule has 0 amide bonds. The van der Waals surface area contributed by atoms with Crippen LogP contribution in [0.3, 0.4) is 0 Å². The normalized spacial score (nSPS) is 13.6. The Morgan fingerprint density at radius 2 is 1.90 bits per heavy atom. The van der Waals surface area contributed by atoms with Crippen LogP contribution in [0.2, 0.25) is 5.02 Å². The molecule has 4 aromatic rings. The van der Waals surface area contributed by atoms with E-state index in [2.05, 4.69) is 20.9 Å². The minimum absolute atomic E-state index is 0.0254. The van der Waals surface area contributed by atoms with Crippen LogP contribution in [0.25, 0.3) is 10.9 Å². The van der Waals surface area contributed by atoms with Crippen LogP contribution in [0.4, 0.5) is 5.69 Å². The number of phenols is 1. The van der Waals surface area contributed by atoms with Gasteiger partial charge in [-0.25, -0.2) is 0 Å². The molecule has 1 fully saturated rings. The minimum Gasteiger partial charge on any atom is -0.504 e. The van der Waals surface area contributed by atoms with Gasteiger partial charge in [0, 0.05) is 55.2 Å². The molecule has 2 aromatic heterocycles. The molecule has 0 radical (unpaired) electrons. The van der Waals surface area contributed by atoms with E-state index in [0.29, 0.717) is 40.3 Å². The first kappa shape index (κ1) is 27.3. The fourth-order valence-electron chi connectivity index (χ4n) is 4.34. The molecule has 0 saturated carbocycles. The fourth-order valence-corrected chi connectivity index (χ4v) is 4.53. The van der Waals surface area contributed by atoms with E-state index in [1.54, 1.807) is 30.6 Å². The third kappa shape index (κ3) is 6.29. The van der Waals surface area contributed by atoms with E-state index < -0.39 is 0 Å². The third-order valence-corrected chi connectivity index (χ3v) is 6.85. The molecule has 2 aromatic carbocycles. The van der Waals surface area contributed by atoms with E-state index in [-0.39, 0.29) is 34.4 Å². The maximum Gasteiger partial charge on any atom is 0.161 e. The number of fused-ring (bicyclic) bond motifs is 1. The highest BCUT2D eigenvalue weighted by molar-refractivity contribution is 6.34. The molecule has 11 heteroatoms. The van der Waals surface area contributed by atoms with Crippen molar-refractivity contribution in [3.63, 3.8) is 0 Å². The monoisotopic (exact) mass is 561 g/mol. The number of aromatic nitrogens is 2. The van der Waals surface area contributed by atoms with Crippen molar-refractivity contribution in [2.45, 2.75) is 13.0 Å². The second-order valence-corrected chi connectivity index (χ2v) is 9.51. The highest BCUT2D eigenvalue weighted by Gasteiger charge is 2.18. The van der Waals surface area contributed by atoms with Gasteiger partial charge in [0.05, 0.1) is 31.0 Å². The van der Waals surface area contributed by atoms with Crippen LogP contribution in [0, 0.1) is 11.3 Å². The van der Waals surface area contributed by atoms with Crippen molar-refractivity contribution >= 4 is 28.2 Å². The third-order valence-electron chi connectivity index (χ3n) is 6.48. The molecule has 0 bridgehead atoms. The SMILES string of the molecule is N#Cc1cnc2cc(OCCCN3CCOCC3)ccc2c1OCc1cc(Oc2ccncc2)c(Cl)c(O)c1N. The second kappa shape index (κ2) is 12.7. The lowest BCUT2D eigenvalue weighted by Crippen LogP contribution is -2.37. The van der Waals surface area contributed by atoms with Crippen LogP contribution in [0.5, 0.6) is 28.7 Å². The van der Waals surface area contributed by atoms with Gasteiger partial charge in [0.2, 0.25) is 0 Å². The molecular formula is C29H28ClN5O5. The number of phenolic OH excluding ortho intramolecular Hbond substituents is 1. The van der Waals surface area contributed by atoms with Crippen LogP contribution in [-0.4, -0.2) is 59.4 Å². The van der Waals surface area contributed by atoms with Crippen molar-refractivity contribution in [3.05, 3.63) is 71.1 Å². The average Bonchev–Trinajstić information content (AvgIpc) is 2.99. The van der Waals surface area contributed by atoms with E-state index in [1.165, 1.54) is 6.20 Å². The molecule has 1 aliphatic heterocycles. The topological polar surface area (TPSA) is 136 Å². The molecule has 0 unspecified atom stereocenters. The summed E-state index contributed by atoms with van der Waals surface area (Å²) in [6.45, 7) is 4.92. The van der Waals surface area contributed by atoms with Crippen LogP contribution in [0.15, 0.2) is 55.0 Å². The summed E-state index contributed by atoms with van der Waals surface area (Å²) in [5, 5.41) is 20.8.